The monoisotopic (exact) mass is 266 g/mol. The molecule has 1 aromatic heterocycles. The van der Waals surface area contributed by atoms with E-state index in [1.807, 2.05) is 17.9 Å². The predicted molar refractivity (Wildman–Crippen MR) is 74.9 cm³/mol. The average molecular weight is 266 g/mol. The molecule has 0 bridgehead atoms. The lowest BCUT2D eigenvalue weighted by Gasteiger charge is -2.37. The quantitative estimate of drug-likeness (QED) is 0.822. The van der Waals surface area contributed by atoms with E-state index in [0.29, 0.717) is 0 Å². The summed E-state index contributed by atoms with van der Waals surface area (Å²) in [5.74, 6) is 0. The smallest absolute Gasteiger partial charge is 0.0891 e. The van der Waals surface area contributed by atoms with E-state index >= 15 is 0 Å². The fraction of sp³-hybridized carbons (Fsp3) is 0.857. The Labute approximate surface area is 115 Å². The van der Waals surface area contributed by atoms with Crippen molar-refractivity contribution in [1.82, 2.24) is 20.3 Å². The van der Waals surface area contributed by atoms with E-state index in [-0.39, 0.29) is 11.6 Å². The molecule has 1 unspecified atom stereocenters. The van der Waals surface area contributed by atoms with Gasteiger partial charge in [0.2, 0.25) is 0 Å². The van der Waals surface area contributed by atoms with Gasteiger partial charge in [-0.3, -0.25) is 0 Å². The van der Waals surface area contributed by atoms with Crippen LogP contribution in [-0.4, -0.2) is 34.2 Å². The zero-order chi connectivity index (χ0) is 13.7. The first-order chi connectivity index (χ1) is 9.27. The second kappa shape index (κ2) is 6.48. The van der Waals surface area contributed by atoms with Crippen LogP contribution in [0.25, 0.3) is 0 Å². The number of aryl methyl sites for hydroxylation is 1. The van der Waals surface area contributed by atoms with Gasteiger partial charge in [0.05, 0.1) is 23.5 Å². The van der Waals surface area contributed by atoms with Crippen molar-refractivity contribution in [3.63, 3.8) is 0 Å². The van der Waals surface area contributed by atoms with Crippen LogP contribution < -0.4 is 5.32 Å². The van der Waals surface area contributed by atoms with Gasteiger partial charge in [-0.05, 0) is 33.2 Å². The maximum Gasteiger partial charge on any atom is 0.0891 e. The van der Waals surface area contributed by atoms with Gasteiger partial charge in [-0.15, -0.1) is 5.10 Å². The summed E-state index contributed by atoms with van der Waals surface area (Å²) in [4.78, 5) is 0. The minimum atomic E-state index is -0.0866. The van der Waals surface area contributed by atoms with Gasteiger partial charge in [0.15, 0.2) is 0 Å². The molecule has 0 spiro atoms. The first-order valence-electron chi connectivity index (χ1n) is 7.47. The summed E-state index contributed by atoms with van der Waals surface area (Å²) < 4.78 is 8.18. The van der Waals surface area contributed by atoms with Crippen LogP contribution in [0.15, 0.2) is 6.20 Å². The van der Waals surface area contributed by atoms with E-state index in [1.165, 1.54) is 12.8 Å². The van der Waals surface area contributed by atoms with Crippen LogP contribution in [0.5, 0.6) is 0 Å². The zero-order valence-corrected chi connectivity index (χ0v) is 12.4. The number of nitrogens with zero attached hydrogens (tertiary/aromatic N) is 3. The second-order valence-electron chi connectivity index (χ2n) is 5.31. The van der Waals surface area contributed by atoms with Crippen LogP contribution in [-0.2, 0) is 11.3 Å². The van der Waals surface area contributed by atoms with Crippen LogP contribution in [0.4, 0.5) is 0 Å². The highest BCUT2D eigenvalue weighted by molar-refractivity contribution is 5.12. The van der Waals surface area contributed by atoms with Crippen molar-refractivity contribution in [3.8, 4) is 0 Å². The second-order valence-corrected chi connectivity index (χ2v) is 5.31. The van der Waals surface area contributed by atoms with Gasteiger partial charge in [-0.1, -0.05) is 25.0 Å². The van der Waals surface area contributed by atoms with Gasteiger partial charge in [-0.25, -0.2) is 4.68 Å². The molecule has 1 aliphatic rings. The summed E-state index contributed by atoms with van der Waals surface area (Å²) >= 11 is 0. The molecule has 2 rings (SSSR count). The summed E-state index contributed by atoms with van der Waals surface area (Å²) in [6.45, 7) is 5.91. The number of hydrogen-bond acceptors (Lipinski definition) is 4. The SMILES string of the molecule is CCCn1nncc1C(NC)C1(OCC)CCCC1. The molecule has 1 atom stereocenters. The van der Waals surface area contributed by atoms with E-state index in [9.17, 15) is 0 Å². The molecular weight excluding hydrogens is 240 g/mol. The van der Waals surface area contributed by atoms with Crippen molar-refractivity contribution in [1.29, 1.82) is 0 Å². The van der Waals surface area contributed by atoms with Crippen LogP contribution in [0.1, 0.15) is 57.7 Å². The summed E-state index contributed by atoms with van der Waals surface area (Å²) in [6, 6.07) is 0.177. The zero-order valence-electron chi connectivity index (χ0n) is 12.4. The van der Waals surface area contributed by atoms with Gasteiger partial charge in [0, 0.05) is 13.2 Å². The third-order valence-corrected chi connectivity index (χ3v) is 4.08. The van der Waals surface area contributed by atoms with Crippen molar-refractivity contribution in [2.75, 3.05) is 13.7 Å². The first kappa shape index (κ1) is 14.5. The number of nitrogens with one attached hydrogen (secondary N) is 1. The molecule has 108 valence electrons. The molecule has 0 amide bonds. The van der Waals surface area contributed by atoms with E-state index in [4.69, 9.17) is 4.74 Å². The fourth-order valence-corrected chi connectivity index (χ4v) is 3.33. The lowest BCUT2D eigenvalue weighted by atomic mass is 9.89. The van der Waals surface area contributed by atoms with E-state index in [1.54, 1.807) is 0 Å². The van der Waals surface area contributed by atoms with Gasteiger partial charge in [0.25, 0.3) is 0 Å². The lowest BCUT2D eigenvalue weighted by Crippen LogP contribution is -2.44. The largest absolute Gasteiger partial charge is 0.373 e. The van der Waals surface area contributed by atoms with Crippen molar-refractivity contribution >= 4 is 0 Å². The van der Waals surface area contributed by atoms with E-state index < -0.39 is 0 Å². The van der Waals surface area contributed by atoms with Crippen LogP contribution >= 0.6 is 0 Å². The van der Waals surface area contributed by atoms with Gasteiger partial charge in [-0.2, -0.15) is 0 Å². The molecule has 0 aliphatic heterocycles. The molecule has 0 saturated heterocycles. The number of ether oxygens (including phenoxy) is 1. The van der Waals surface area contributed by atoms with Crippen molar-refractivity contribution < 1.29 is 4.74 Å². The average Bonchev–Trinajstić information content (AvgIpc) is 3.03. The topological polar surface area (TPSA) is 52.0 Å². The van der Waals surface area contributed by atoms with Crippen LogP contribution in [0.2, 0.25) is 0 Å². The number of aromatic nitrogens is 3. The standard InChI is InChI=1S/C14H26N4O/c1-4-10-18-12(11-16-17-18)13(15-3)14(19-5-2)8-6-7-9-14/h11,13,15H,4-10H2,1-3H3. The molecule has 5 heteroatoms. The Morgan fingerprint density at radius 3 is 2.74 bits per heavy atom. The molecular formula is C14H26N4O. The molecule has 1 heterocycles. The van der Waals surface area contributed by atoms with E-state index in [0.717, 1.165) is 38.1 Å². The third-order valence-electron chi connectivity index (χ3n) is 4.08. The maximum absolute atomic E-state index is 6.17. The Morgan fingerprint density at radius 1 is 1.42 bits per heavy atom. The molecule has 0 radical (unpaired) electrons. The Balaban J connectivity index is 2.28. The maximum atomic E-state index is 6.17. The molecule has 0 aromatic carbocycles. The highest BCUT2D eigenvalue weighted by Gasteiger charge is 2.43. The molecule has 1 N–H and O–H groups in total. The van der Waals surface area contributed by atoms with Gasteiger partial charge in [0.1, 0.15) is 0 Å². The highest BCUT2D eigenvalue weighted by atomic mass is 16.5. The molecule has 1 saturated carbocycles. The van der Waals surface area contributed by atoms with E-state index in [2.05, 4.69) is 29.5 Å². The van der Waals surface area contributed by atoms with Gasteiger partial charge >= 0.3 is 0 Å². The third kappa shape index (κ3) is 2.82. The Morgan fingerprint density at radius 2 is 2.16 bits per heavy atom. The minimum absolute atomic E-state index is 0.0866. The Bertz CT molecular complexity index is 385. The lowest BCUT2D eigenvalue weighted by molar-refractivity contribution is -0.0629. The number of likely N-dealkylation sites (N-methyl/N-ethyl adjacent to an activating group) is 1. The highest BCUT2D eigenvalue weighted by Crippen LogP contribution is 2.42. The Hall–Kier alpha value is -0.940. The summed E-state index contributed by atoms with van der Waals surface area (Å²) in [5, 5.41) is 11.7. The first-order valence-corrected chi connectivity index (χ1v) is 7.47. The van der Waals surface area contributed by atoms with Crippen molar-refractivity contribution in [2.24, 2.45) is 0 Å². The van der Waals surface area contributed by atoms with Crippen molar-refractivity contribution in [3.05, 3.63) is 11.9 Å². The van der Waals surface area contributed by atoms with Gasteiger partial charge < -0.3 is 10.1 Å². The van der Waals surface area contributed by atoms with Crippen LogP contribution in [0, 0.1) is 0 Å². The molecule has 1 aliphatic carbocycles. The predicted octanol–water partition coefficient (Wildman–Crippen LogP) is 2.30. The molecule has 1 fully saturated rings. The van der Waals surface area contributed by atoms with Crippen molar-refractivity contribution in [2.45, 2.75) is 64.1 Å². The summed E-state index contributed by atoms with van der Waals surface area (Å²) in [6.07, 6.45) is 7.67. The van der Waals surface area contributed by atoms with Crippen LogP contribution in [0.3, 0.4) is 0 Å². The normalized spacial score (nSPS) is 19.7. The number of hydrogen-bond donors (Lipinski definition) is 1. The summed E-state index contributed by atoms with van der Waals surface area (Å²) in [7, 11) is 2.01. The molecule has 5 nitrogen and oxygen atoms in total. The Kier molecular flexibility index (Phi) is 4.93. The number of rotatable bonds is 7. The minimum Gasteiger partial charge on any atom is -0.373 e. The molecule has 1 aromatic rings. The summed E-state index contributed by atoms with van der Waals surface area (Å²) in [5.41, 5.74) is 1.07. The fourth-order valence-electron chi connectivity index (χ4n) is 3.33. The molecule has 19 heavy (non-hydrogen) atoms.